The van der Waals surface area contributed by atoms with Gasteiger partial charge >= 0.3 is 12.1 Å². The highest BCUT2D eigenvalue weighted by Gasteiger charge is 2.17. The Balaban J connectivity index is 2.45. The molecule has 162 valence electrons. The van der Waals surface area contributed by atoms with E-state index in [-0.39, 0.29) is 25.4 Å². The van der Waals surface area contributed by atoms with Gasteiger partial charge in [-0.15, -0.1) is 0 Å². The van der Waals surface area contributed by atoms with Gasteiger partial charge in [-0.2, -0.15) is 0 Å². The summed E-state index contributed by atoms with van der Waals surface area (Å²) < 4.78 is 9.75. The van der Waals surface area contributed by atoms with Crippen molar-refractivity contribution in [3.63, 3.8) is 0 Å². The molecule has 0 radical (unpaired) electrons. The van der Waals surface area contributed by atoms with Gasteiger partial charge < -0.3 is 14.8 Å². The molecule has 29 heavy (non-hydrogen) atoms. The molecule has 8 nitrogen and oxygen atoms in total. The number of carbonyl (C=O) groups excluding carboxylic acids is 3. The number of nitrogens with one attached hydrogen (secondary N) is 1. The quantitative estimate of drug-likeness (QED) is 0.343. The molecule has 0 aromatic heterocycles. The first kappa shape index (κ1) is 24.4. The molecule has 0 aliphatic carbocycles. The van der Waals surface area contributed by atoms with Gasteiger partial charge in [-0.3, -0.25) is 14.4 Å². The molecule has 0 heterocycles. The lowest BCUT2D eigenvalue weighted by Crippen LogP contribution is -2.34. The summed E-state index contributed by atoms with van der Waals surface area (Å²) in [6, 6.07) is 9.50. The Morgan fingerprint density at radius 1 is 1.03 bits per heavy atom. The third-order valence-corrected chi connectivity index (χ3v) is 3.73. The van der Waals surface area contributed by atoms with E-state index in [0.29, 0.717) is 25.9 Å². The Hall–Kier alpha value is -2.61. The minimum atomic E-state index is -0.543. The van der Waals surface area contributed by atoms with Crippen molar-refractivity contribution in [2.24, 2.45) is 0 Å². The van der Waals surface area contributed by atoms with Crippen LogP contribution in [0.5, 0.6) is 0 Å². The van der Waals surface area contributed by atoms with Gasteiger partial charge in [-0.1, -0.05) is 30.3 Å². The van der Waals surface area contributed by atoms with Crippen LogP contribution in [0.1, 0.15) is 52.0 Å². The molecule has 0 saturated heterocycles. The highest BCUT2D eigenvalue weighted by molar-refractivity contribution is 5.80. The number of ether oxygens (including phenoxy) is 2. The molecule has 0 spiro atoms. The third-order valence-electron chi connectivity index (χ3n) is 3.73. The lowest BCUT2D eigenvalue weighted by molar-refractivity contribution is -0.192. The average molecular weight is 408 g/mol. The van der Waals surface area contributed by atoms with Crippen LogP contribution in [0, 0.1) is 0 Å². The summed E-state index contributed by atoms with van der Waals surface area (Å²) >= 11 is 0. The van der Waals surface area contributed by atoms with Crippen molar-refractivity contribution in [2.75, 3.05) is 20.2 Å². The van der Waals surface area contributed by atoms with E-state index in [1.165, 1.54) is 12.2 Å². The van der Waals surface area contributed by atoms with Crippen molar-refractivity contribution in [1.82, 2.24) is 10.4 Å². The largest absolute Gasteiger partial charge is 0.469 e. The molecular formula is C21H32N2O6. The highest BCUT2D eigenvalue weighted by Crippen LogP contribution is 2.09. The van der Waals surface area contributed by atoms with Gasteiger partial charge in [0.15, 0.2) is 0 Å². The molecule has 2 amide bonds. The summed E-state index contributed by atoms with van der Waals surface area (Å²) in [7, 11) is 1.29. The predicted octanol–water partition coefficient (Wildman–Crippen LogP) is 3.20. The number of benzene rings is 1. The zero-order valence-electron chi connectivity index (χ0n) is 17.7. The van der Waals surface area contributed by atoms with Gasteiger partial charge in [0, 0.05) is 19.5 Å². The number of alkyl carbamates (subject to hydrolysis) is 1. The van der Waals surface area contributed by atoms with Gasteiger partial charge in [0.05, 0.1) is 13.5 Å². The average Bonchev–Trinajstić information content (AvgIpc) is 2.67. The Morgan fingerprint density at radius 3 is 2.34 bits per heavy atom. The number of amides is 2. The fraction of sp³-hybridized carbons (Fsp3) is 0.571. The summed E-state index contributed by atoms with van der Waals surface area (Å²) in [6.07, 6.45) is 0.811. The third kappa shape index (κ3) is 11.7. The SMILES string of the molecule is COC(=O)CCC(=O)N(CCCCNC(=O)OC(C)(C)C)OCc1ccccc1. The van der Waals surface area contributed by atoms with Crippen LogP contribution < -0.4 is 5.32 Å². The number of rotatable bonds is 11. The standard InChI is InChI=1S/C21H32N2O6/c1-21(2,3)29-20(26)22-14-8-9-15-23(18(24)12-13-19(25)27-4)28-16-17-10-6-5-7-11-17/h5-7,10-11H,8-9,12-16H2,1-4H3,(H,22,26). The van der Waals surface area contributed by atoms with Crippen LogP contribution in [0.15, 0.2) is 30.3 Å². The van der Waals surface area contributed by atoms with Crippen LogP contribution in [0.25, 0.3) is 0 Å². The van der Waals surface area contributed by atoms with Crippen LogP contribution in [0.2, 0.25) is 0 Å². The number of hydroxylamine groups is 2. The molecule has 0 unspecified atom stereocenters. The maximum Gasteiger partial charge on any atom is 0.407 e. The number of unbranched alkanes of at least 4 members (excludes halogenated alkanes) is 1. The first-order chi connectivity index (χ1) is 13.7. The van der Waals surface area contributed by atoms with Crippen LogP contribution in [-0.2, 0) is 30.5 Å². The Kier molecular flexibility index (Phi) is 10.8. The summed E-state index contributed by atoms with van der Waals surface area (Å²) in [5, 5.41) is 3.96. The molecule has 1 aromatic rings. The number of carbonyl (C=O) groups is 3. The Labute approximate surface area is 172 Å². The van der Waals surface area contributed by atoms with E-state index in [0.717, 1.165) is 5.56 Å². The fourth-order valence-corrected chi connectivity index (χ4v) is 2.31. The van der Waals surface area contributed by atoms with Crippen LogP contribution in [0.4, 0.5) is 4.79 Å². The van der Waals surface area contributed by atoms with Crippen LogP contribution in [0.3, 0.4) is 0 Å². The molecular weight excluding hydrogens is 376 g/mol. The van der Waals surface area contributed by atoms with E-state index < -0.39 is 17.7 Å². The van der Waals surface area contributed by atoms with Crippen molar-refractivity contribution in [1.29, 1.82) is 0 Å². The van der Waals surface area contributed by atoms with E-state index in [2.05, 4.69) is 10.1 Å². The molecule has 1 N–H and O–H groups in total. The maximum atomic E-state index is 12.4. The monoisotopic (exact) mass is 408 g/mol. The van der Waals surface area contributed by atoms with Crippen molar-refractivity contribution >= 4 is 18.0 Å². The number of hydrogen-bond donors (Lipinski definition) is 1. The van der Waals surface area contributed by atoms with Gasteiger partial charge in [0.1, 0.15) is 12.2 Å². The smallest absolute Gasteiger partial charge is 0.407 e. The van der Waals surface area contributed by atoms with Crippen LogP contribution in [-0.4, -0.2) is 48.8 Å². The first-order valence-electron chi connectivity index (χ1n) is 9.72. The zero-order valence-corrected chi connectivity index (χ0v) is 17.7. The number of nitrogens with zero attached hydrogens (tertiary/aromatic N) is 1. The predicted molar refractivity (Wildman–Crippen MR) is 108 cm³/mol. The molecule has 0 fully saturated rings. The lowest BCUT2D eigenvalue weighted by Gasteiger charge is -2.22. The highest BCUT2D eigenvalue weighted by atomic mass is 16.7. The second-order valence-electron chi connectivity index (χ2n) is 7.47. The topological polar surface area (TPSA) is 94.2 Å². The number of esters is 1. The minimum absolute atomic E-state index is 0.000724. The molecule has 8 heteroatoms. The molecule has 0 aliphatic rings. The number of hydrogen-bond acceptors (Lipinski definition) is 6. The summed E-state index contributed by atoms with van der Waals surface area (Å²) in [5.41, 5.74) is 0.392. The molecule has 0 aliphatic heterocycles. The van der Waals surface area contributed by atoms with Gasteiger partial charge in [0.25, 0.3) is 0 Å². The van der Waals surface area contributed by atoms with E-state index in [1.54, 1.807) is 20.8 Å². The lowest BCUT2D eigenvalue weighted by atomic mass is 10.2. The molecule has 0 bridgehead atoms. The Morgan fingerprint density at radius 2 is 1.72 bits per heavy atom. The summed E-state index contributed by atoms with van der Waals surface area (Å²) in [6.45, 7) is 6.43. The van der Waals surface area contributed by atoms with Gasteiger partial charge in [-0.25, -0.2) is 9.86 Å². The van der Waals surface area contributed by atoms with Crippen molar-refractivity contribution < 1.29 is 28.7 Å². The Bertz CT molecular complexity index is 642. The van der Waals surface area contributed by atoms with Crippen LogP contribution >= 0.6 is 0 Å². The maximum absolute atomic E-state index is 12.4. The van der Waals surface area contributed by atoms with Crippen molar-refractivity contribution in [3.05, 3.63) is 35.9 Å². The molecule has 0 saturated carbocycles. The van der Waals surface area contributed by atoms with E-state index in [9.17, 15) is 14.4 Å². The van der Waals surface area contributed by atoms with E-state index in [1.807, 2.05) is 30.3 Å². The van der Waals surface area contributed by atoms with Crippen molar-refractivity contribution in [3.8, 4) is 0 Å². The normalized spacial score (nSPS) is 10.9. The number of methoxy groups -OCH3 is 1. The minimum Gasteiger partial charge on any atom is -0.469 e. The summed E-state index contributed by atoms with van der Waals surface area (Å²) in [5.74, 6) is -0.727. The first-order valence-corrected chi connectivity index (χ1v) is 9.72. The van der Waals surface area contributed by atoms with Gasteiger partial charge in [0.2, 0.25) is 5.91 Å². The second-order valence-corrected chi connectivity index (χ2v) is 7.47. The molecule has 0 atom stereocenters. The van der Waals surface area contributed by atoms with E-state index >= 15 is 0 Å². The van der Waals surface area contributed by atoms with Gasteiger partial charge in [-0.05, 0) is 39.2 Å². The summed E-state index contributed by atoms with van der Waals surface area (Å²) in [4.78, 5) is 41.0. The van der Waals surface area contributed by atoms with E-state index in [4.69, 9.17) is 9.57 Å². The second kappa shape index (κ2) is 12.8. The van der Waals surface area contributed by atoms with Crippen molar-refractivity contribution in [2.45, 2.75) is 58.7 Å². The fourth-order valence-electron chi connectivity index (χ4n) is 2.31. The molecule has 1 aromatic carbocycles. The zero-order chi connectivity index (χ0) is 21.7. The molecule has 1 rings (SSSR count).